The molecule has 4 nitrogen and oxygen atoms in total. The lowest BCUT2D eigenvalue weighted by molar-refractivity contribution is 0.0259. The maximum atomic E-state index is 11.9. The van der Waals surface area contributed by atoms with Gasteiger partial charge in [-0.15, -0.1) is 0 Å². The van der Waals surface area contributed by atoms with Crippen LogP contribution >= 0.6 is 0 Å². The van der Waals surface area contributed by atoms with Crippen LogP contribution in [0.4, 0.5) is 4.79 Å². The second-order valence-corrected chi connectivity index (χ2v) is 5.09. The fourth-order valence-corrected chi connectivity index (χ4v) is 2.20. The van der Waals surface area contributed by atoms with Gasteiger partial charge < -0.3 is 15.3 Å². The molecule has 0 aliphatic carbocycles. The lowest BCUT2D eigenvalue weighted by atomic mass is 10.00. The summed E-state index contributed by atoms with van der Waals surface area (Å²) in [6.45, 7) is 6.95. The molecule has 1 aromatic rings. The highest BCUT2D eigenvalue weighted by Crippen LogP contribution is 2.19. The monoisotopic (exact) mass is 248 g/mol. The van der Waals surface area contributed by atoms with Crippen LogP contribution in [-0.2, 0) is 0 Å². The lowest BCUT2D eigenvalue weighted by Gasteiger charge is -2.36. The van der Waals surface area contributed by atoms with Crippen LogP contribution in [0.25, 0.3) is 0 Å². The number of hydrogen-bond acceptors (Lipinski definition) is 2. The van der Waals surface area contributed by atoms with E-state index in [1.54, 1.807) is 4.90 Å². The van der Waals surface area contributed by atoms with Crippen LogP contribution in [0.5, 0.6) is 0 Å². The standard InChI is InChI=1S/C14H20N2O2/c1-9-4-5-10(2)13(6-9)11(3)15-14(18)16-7-12(17)8-16/h4-6,11-12,17H,7-8H2,1-3H3,(H,15,18)/t11-/m0/s1. The average molecular weight is 248 g/mol. The molecule has 1 aliphatic rings. The van der Waals surface area contributed by atoms with Gasteiger partial charge in [0, 0.05) is 0 Å². The van der Waals surface area contributed by atoms with Crippen molar-refractivity contribution in [2.75, 3.05) is 13.1 Å². The maximum absolute atomic E-state index is 11.9. The van der Waals surface area contributed by atoms with Crippen molar-refractivity contribution in [3.05, 3.63) is 34.9 Å². The molecule has 2 rings (SSSR count). The first kappa shape index (κ1) is 12.9. The SMILES string of the molecule is Cc1ccc(C)c([C@H](C)NC(=O)N2CC(O)C2)c1. The third-order valence-electron chi connectivity index (χ3n) is 3.39. The van der Waals surface area contributed by atoms with E-state index >= 15 is 0 Å². The quantitative estimate of drug-likeness (QED) is 0.837. The van der Waals surface area contributed by atoms with Crippen LogP contribution in [0.15, 0.2) is 18.2 Å². The summed E-state index contributed by atoms with van der Waals surface area (Å²) in [5, 5.41) is 12.1. The number of nitrogens with zero attached hydrogens (tertiary/aromatic N) is 1. The van der Waals surface area contributed by atoms with E-state index in [-0.39, 0.29) is 18.2 Å². The lowest BCUT2D eigenvalue weighted by Crippen LogP contribution is -2.56. The highest BCUT2D eigenvalue weighted by atomic mass is 16.3. The number of rotatable bonds is 2. The van der Waals surface area contributed by atoms with Crippen LogP contribution in [0, 0.1) is 13.8 Å². The van der Waals surface area contributed by atoms with Gasteiger partial charge >= 0.3 is 6.03 Å². The van der Waals surface area contributed by atoms with Crippen molar-refractivity contribution < 1.29 is 9.90 Å². The Balaban J connectivity index is 2.01. The fourth-order valence-electron chi connectivity index (χ4n) is 2.20. The number of aryl methyl sites for hydroxylation is 2. The number of likely N-dealkylation sites (tertiary alicyclic amines) is 1. The van der Waals surface area contributed by atoms with E-state index in [0.717, 1.165) is 5.56 Å². The number of amides is 2. The fraction of sp³-hybridized carbons (Fsp3) is 0.500. The van der Waals surface area contributed by atoms with E-state index in [1.807, 2.05) is 20.8 Å². The molecule has 0 spiro atoms. The van der Waals surface area contributed by atoms with Crippen molar-refractivity contribution in [2.24, 2.45) is 0 Å². The van der Waals surface area contributed by atoms with Gasteiger partial charge in [-0.25, -0.2) is 4.79 Å². The summed E-state index contributed by atoms with van der Waals surface area (Å²) in [4.78, 5) is 13.5. The Morgan fingerprint density at radius 1 is 1.44 bits per heavy atom. The van der Waals surface area contributed by atoms with Crippen molar-refractivity contribution in [3.8, 4) is 0 Å². The number of aliphatic hydroxyl groups is 1. The largest absolute Gasteiger partial charge is 0.389 e. The van der Waals surface area contributed by atoms with E-state index in [9.17, 15) is 9.90 Å². The zero-order valence-electron chi connectivity index (χ0n) is 11.1. The number of urea groups is 1. The summed E-state index contributed by atoms with van der Waals surface area (Å²) in [5.41, 5.74) is 3.51. The Kier molecular flexibility index (Phi) is 3.57. The molecule has 4 heteroatoms. The molecule has 1 fully saturated rings. The minimum Gasteiger partial charge on any atom is -0.389 e. The molecule has 1 atom stereocenters. The molecule has 2 amide bonds. The molecule has 98 valence electrons. The highest BCUT2D eigenvalue weighted by Gasteiger charge is 2.29. The average Bonchev–Trinajstić information content (AvgIpc) is 2.27. The molecule has 1 aromatic carbocycles. The predicted octanol–water partition coefficient (Wildman–Crippen LogP) is 1.75. The number of hydrogen-bond donors (Lipinski definition) is 2. The maximum Gasteiger partial charge on any atom is 0.318 e. The minimum atomic E-state index is -0.355. The van der Waals surface area contributed by atoms with E-state index in [4.69, 9.17) is 0 Å². The number of nitrogens with one attached hydrogen (secondary N) is 1. The molecular formula is C14H20N2O2. The van der Waals surface area contributed by atoms with Gasteiger partial charge in [0.15, 0.2) is 0 Å². The minimum absolute atomic E-state index is 0.0184. The molecular weight excluding hydrogens is 228 g/mol. The molecule has 2 N–H and O–H groups in total. The normalized spacial score (nSPS) is 17.2. The van der Waals surface area contributed by atoms with Crippen LogP contribution in [0.2, 0.25) is 0 Å². The first-order chi connectivity index (χ1) is 8.47. The Labute approximate surface area is 108 Å². The number of aliphatic hydroxyl groups excluding tert-OH is 1. The number of benzene rings is 1. The van der Waals surface area contributed by atoms with Crippen LogP contribution in [-0.4, -0.2) is 35.2 Å². The van der Waals surface area contributed by atoms with Crippen molar-refractivity contribution in [3.63, 3.8) is 0 Å². The molecule has 0 saturated carbocycles. The summed E-state index contributed by atoms with van der Waals surface area (Å²) in [6, 6.07) is 6.12. The van der Waals surface area contributed by atoms with Crippen LogP contribution < -0.4 is 5.32 Å². The molecule has 0 bridgehead atoms. The Morgan fingerprint density at radius 2 is 2.11 bits per heavy atom. The third kappa shape index (κ3) is 2.64. The summed E-state index contributed by atoms with van der Waals surface area (Å²) in [7, 11) is 0. The molecule has 0 radical (unpaired) electrons. The first-order valence-corrected chi connectivity index (χ1v) is 6.28. The summed E-state index contributed by atoms with van der Waals surface area (Å²) >= 11 is 0. The number of carbonyl (C=O) groups is 1. The molecule has 0 unspecified atom stereocenters. The van der Waals surface area contributed by atoms with Crippen molar-refractivity contribution in [2.45, 2.75) is 32.9 Å². The predicted molar refractivity (Wildman–Crippen MR) is 70.4 cm³/mol. The van der Waals surface area contributed by atoms with Gasteiger partial charge in [-0.2, -0.15) is 0 Å². The number of β-amino-alcohol motifs (C(OH)–C–C–N with tert-alkyl or cyclic N) is 1. The van der Waals surface area contributed by atoms with Gasteiger partial charge in [0.05, 0.1) is 25.2 Å². The third-order valence-corrected chi connectivity index (χ3v) is 3.39. The van der Waals surface area contributed by atoms with Gasteiger partial charge in [0.1, 0.15) is 0 Å². The van der Waals surface area contributed by atoms with Gasteiger partial charge in [0.2, 0.25) is 0 Å². The van der Waals surface area contributed by atoms with Gasteiger partial charge in [0.25, 0.3) is 0 Å². The molecule has 1 saturated heterocycles. The van der Waals surface area contributed by atoms with E-state index < -0.39 is 0 Å². The molecule has 1 heterocycles. The van der Waals surface area contributed by atoms with Crippen molar-refractivity contribution in [1.82, 2.24) is 10.2 Å². The van der Waals surface area contributed by atoms with E-state index in [1.165, 1.54) is 11.1 Å². The van der Waals surface area contributed by atoms with Gasteiger partial charge in [-0.3, -0.25) is 0 Å². The summed E-state index contributed by atoms with van der Waals surface area (Å²) in [5.74, 6) is 0. The second-order valence-electron chi connectivity index (χ2n) is 5.09. The Hall–Kier alpha value is -1.55. The Bertz CT molecular complexity index is 453. The molecule has 1 aliphatic heterocycles. The van der Waals surface area contributed by atoms with Gasteiger partial charge in [-0.1, -0.05) is 23.8 Å². The Morgan fingerprint density at radius 3 is 2.72 bits per heavy atom. The number of carbonyl (C=O) groups excluding carboxylic acids is 1. The second kappa shape index (κ2) is 4.98. The zero-order chi connectivity index (χ0) is 13.3. The first-order valence-electron chi connectivity index (χ1n) is 6.28. The van der Waals surface area contributed by atoms with Crippen molar-refractivity contribution >= 4 is 6.03 Å². The highest BCUT2D eigenvalue weighted by molar-refractivity contribution is 5.75. The van der Waals surface area contributed by atoms with Crippen LogP contribution in [0.3, 0.4) is 0 Å². The summed E-state index contributed by atoms with van der Waals surface area (Å²) < 4.78 is 0. The smallest absolute Gasteiger partial charge is 0.318 e. The molecule has 0 aromatic heterocycles. The van der Waals surface area contributed by atoms with E-state index in [2.05, 4.69) is 23.5 Å². The summed E-state index contributed by atoms with van der Waals surface area (Å²) in [6.07, 6.45) is -0.355. The topological polar surface area (TPSA) is 52.6 Å². The van der Waals surface area contributed by atoms with E-state index in [0.29, 0.717) is 13.1 Å². The van der Waals surface area contributed by atoms with Crippen molar-refractivity contribution in [1.29, 1.82) is 0 Å². The van der Waals surface area contributed by atoms with Gasteiger partial charge in [-0.05, 0) is 31.9 Å². The van der Waals surface area contributed by atoms with Crippen LogP contribution in [0.1, 0.15) is 29.7 Å². The molecule has 18 heavy (non-hydrogen) atoms. The zero-order valence-corrected chi connectivity index (χ0v) is 11.1.